The van der Waals surface area contributed by atoms with E-state index in [0.29, 0.717) is 23.4 Å². The number of hydrogen-bond acceptors (Lipinski definition) is 1. The Morgan fingerprint density at radius 2 is 1.57 bits per heavy atom. The molecule has 0 saturated carbocycles. The van der Waals surface area contributed by atoms with Gasteiger partial charge >= 0.3 is 0 Å². The van der Waals surface area contributed by atoms with E-state index in [2.05, 4.69) is 33.9 Å². The Kier molecular flexibility index (Phi) is 6.48. The Morgan fingerprint density at radius 3 is 2.11 bits per heavy atom. The largest absolute Gasteiger partial charge is 0.337 e. The van der Waals surface area contributed by atoms with Crippen molar-refractivity contribution in [1.29, 1.82) is 0 Å². The lowest BCUT2D eigenvalue weighted by Gasteiger charge is -2.31. The molecule has 0 radical (unpaired) electrons. The first-order valence-corrected chi connectivity index (χ1v) is 9.55. The first-order chi connectivity index (χ1) is 12.9. The molecule has 0 bridgehead atoms. The molecule has 28 heavy (non-hydrogen) atoms. The van der Waals surface area contributed by atoms with Crippen LogP contribution in [0.5, 0.6) is 0 Å². The van der Waals surface area contributed by atoms with Gasteiger partial charge < -0.3 is 4.90 Å². The van der Waals surface area contributed by atoms with Crippen molar-refractivity contribution in [3.05, 3.63) is 83.0 Å². The van der Waals surface area contributed by atoms with Gasteiger partial charge in [0, 0.05) is 23.5 Å². The van der Waals surface area contributed by atoms with Crippen molar-refractivity contribution >= 4 is 11.4 Å². The van der Waals surface area contributed by atoms with Crippen molar-refractivity contribution in [2.24, 2.45) is 5.41 Å². The lowest BCUT2D eigenvalue weighted by atomic mass is 9.88. The predicted molar refractivity (Wildman–Crippen MR) is 117 cm³/mol. The van der Waals surface area contributed by atoms with Crippen LogP contribution in [0.1, 0.15) is 49.4 Å². The molecule has 0 N–H and O–H groups in total. The standard InChI is InChI=1S/C25H31F2N/c1-16-11-19(4)24(23(27)12-16)20(5)28(15-17(2)14-25(6,7)8)21-9-10-22(26)18(3)13-21/h9-13H,2,5,14-15H2,1,3-4,6-8H3. The third-order valence-electron chi connectivity index (χ3n) is 4.66. The van der Waals surface area contributed by atoms with Crippen LogP contribution in [0.4, 0.5) is 14.5 Å². The van der Waals surface area contributed by atoms with Gasteiger partial charge in [-0.05, 0) is 73.6 Å². The smallest absolute Gasteiger partial charge is 0.133 e. The third-order valence-corrected chi connectivity index (χ3v) is 4.66. The van der Waals surface area contributed by atoms with Gasteiger partial charge in [-0.2, -0.15) is 0 Å². The molecule has 0 aromatic heterocycles. The van der Waals surface area contributed by atoms with Crippen LogP contribution < -0.4 is 4.90 Å². The third kappa shape index (κ3) is 5.31. The number of aryl methyl sites for hydroxylation is 3. The SMILES string of the molecule is C=C(CN(C(=C)c1c(C)cc(C)cc1F)c1ccc(F)c(C)c1)CC(C)(C)C. The van der Waals surface area contributed by atoms with Gasteiger partial charge in [0.25, 0.3) is 0 Å². The minimum absolute atomic E-state index is 0.0911. The van der Waals surface area contributed by atoms with Crippen molar-refractivity contribution in [2.75, 3.05) is 11.4 Å². The first-order valence-electron chi connectivity index (χ1n) is 9.55. The number of hydrogen-bond donors (Lipinski definition) is 0. The Bertz CT molecular complexity index is 880. The maximum Gasteiger partial charge on any atom is 0.133 e. The molecular weight excluding hydrogens is 352 g/mol. The van der Waals surface area contributed by atoms with Crippen LogP contribution in [0.15, 0.2) is 49.1 Å². The van der Waals surface area contributed by atoms with Gasteiger partial charge in [0.2, 0.25) is 0 Å². The van der Waals surface area contributed by atoms with E-state index in [1.54, 1.807) is 19.1 Å². The van der Waals surface area contributed by atoms with E-state index in [9.17, 15) is 8.78 Å². The summed E-state index contributed by atoms with van der Waals surface area (Å²) >= 11 is 0. The predicted octanol–water partition coefficient (Wildman–Crippen LogP) is 7.36. The Hall–Kier alpha value is -2.42. The molecule has 0 heterocycles. The Morgan fingerprint density at radius 1 is 0.929 bits per heavy atom. The average Bonchev–Trinajstić information content (AvgIpc) is 2.52. The van der Waals surface area contributed by atoms with E-state index < -0.39 is 0 Å². The molecule has 150 valence electrons. The summed E-state index contributed by atoms with van der Waals surface area (Å²) in [7, 11) is 0. The molecular formula is C25H31F2N. The molecule has 2 aromatic carbocycles. The van der Waals surface area contributed by atoms with Crippen LogP contribution in [-0.4, -0.2) is 6.54 Å². The highest BCUT2D eigenvalue weighted by atomic mass is 19.1. The average molecular weight is 384 g/mol. The van der Waals surface area contributed by atoms with Crippen LogP contribution in [0.2, 0.25) is 0 Å². The lowest BCUT2D eigenvalue weighted by molar-refractivity contribution is 0.408. The second kappa shape index (κ2) is 8.30. The van der Waals surface area contributed by atoms with Crippen molar-refractivity contribution in [3.63, 3.8) is 0 Å². The number of anilines is 1. The normalized spacial score (nSPS) is 11.4. The van der Waals surface area contributed by atoms with E-state index in [4.69, 9.17) is 0 Å². The molecule has 3 heteroatoms. The monoisotopic (exact) mass is 383 g/mol. The number of rotatable bonds is 6. The summed E-state index contributed by atoms with van der Waals surface area (Å²) in [6, 6.07) is 8.38. The van der Waals surface area contributed by atoms with E-state index >= 15 is 0 Å². The highest BCUT2D eigenvalue weighted by molar-refractivity contribution is 5.80. The molecule has 0 unspecified atom stereocenters. The van der Waals surface area contributed by atoms with Gasteiger partial charge in [-0.25, -0.2) is 8.78 Å². The molecule has 0 spiro atoms. The van der Waals surface area contributed by atoms with Crippen molar-refractivity contribution in [1.82, 2.24) is 0 Å². The molecule has 0 aliphatic rings. The minimum Gasteiger partial charge on any atom is -0.337 e. The maximum absolute atomic E-state index is 14.8. The van der Waals surface area contributed by atoms with Gasteiger partial charge in [-0.15, -0.1) is 0 Å². The maximum atomic E-state index is 14.8. The van der Waals surface area contributed by atoms with Gasteiger partial charge in [0.1, 0.15) is 11.6 Å². The van der Waals surface area contributed by atoms with E-state index in [1.807, 2.05) is 24.8 Å². The van der Waals surface area contributed by atoms with Gasteiger partial charge in [-0.1, -0.05) is 45.6 Å². The fourth-order valence-corrected chi connectivity index (χ4v) is 3.58. The molecule has 0 fully saturated rings. The number of halogens is 2. The van der Waals surface area contributed by atoms with Crippen LogP contribution in [-0.2, 0) is 0 Å². The van der Waals surface area contributed by atoms with Crippen molar-refractivity contribution < 1.29 is 8.78 Å². The first kappa shape index (κ1) is 21.9. The minimum atomic E-state index is -0.298. The Balaban J connectivity index is 2.50. The molecule has 0 saturated heterocycles. The summed E-state index contributed by atoms with van der Waals surface area (Å²) in [6.07, 6.45) is 0.826. The van der Waals surface area contributed by atoms with Crippen LogP contribution in [0.3, 0.4) is 0 Å². The second-order valence-electron chi connectivity index (χ2n) is 8.89. The van der Waals surface area contributed by atoms with E-state index in [1.165, 1.54) is 12.1 Å². The van der Waals surface area contributed by atoms with Crippen LogP contribution in [0, 0.1) is 37.8 Å². The summed E-state index contributed by atoms with van der Waals surface area (Å²) in [5.41, 5.74) is 5.15. The van der Waals surface area contributed by atoms with Crippen molar-refractivity contribution in [2.45, 2.75) is 48.0 Å². The zero-order valence-electron chi connectivity index (χ0n) is 17.9. The summed E-state index contributed by atoms with van der Waals surface area (Å²) < 4.78 is 28.6. The Labute approximate surface area is 168 Å². The topological polar surface area (TPSA) is 3.24 Å². The van der Waals surface area contributed by atoms with E-state index in [0.717, 1.165) is 28.8 Å². The number of benzene rings is 2. The van der Waals surface area contributed by atoms with Gasteiger partial charge in [0.15, 0.2) is 0 Å². The fourth-order valence-electron chi connectivity index (χ4n) is 3.58. The van der Waals surface area contributed by atoms with Crippen molar-refractivity contribution in [3.8, 4) is 0 Å². The summed E-state index contributed by atoms with van der Waals surface area (Å²) in [5.74, 6) is -0.562. The van der Waals surface area contributed by atoms with Crippen LogP contribution >= 0.6 is 0 Å². The molecule has 2 rings (SSSR count). The summed E-state index contributed by atoms with van der Waals surface area (Å²) in [6.45, 7) is 20.9. The zero-order chi connectivity index (χ0) is 21.2. The van der Waals surface area contributed by atoms with E-state index in [-0.39, 0.29) is 17.0 Å². The highest BCUT2D eigenvalue weighted by Gasteiger charge is 2.21. The van der Waals surface area contributed by atoms with Gasteiger partial charge in [-0.3, -0.25) is 0 Å². The fraction of sp³-hybridized carbons (Fsp3) is 0.360. The quantitative estimate of drug-likeness (QED) is 0.471. The number of nitrogens with zero attached hydrogens (tertiary/aromatic N) is 1. The molecule has 0 aliphatic heterocycles. The van der Waals surface area contributed by atoms with Crippen LogP contribution in [0.25, 0.3) is 5.70 Å². The van der Waals surface area contributed by atoms with Gasteiger partial charge in [0.05, 0.1) is 0 Å². The summed E-state index contributed by atoms with van der Waals surface area (Å²) in [5, 5.41) is 0. The molecule has 0 aliphatic carbocycles. The molecule has 1 nitrogen and oxygen atoms in total. The molecule has 0 atom stereocenters. The highest BCUT2D eigenvalue weighted by Crippen LogP contribution is 2.33. The molecule has 0 amide bonds. The molecule has 2 aromatic rings. The zero-order valence-corrected chi connectivity index (χ0v) is 17.9. The second-order valence-corrected chi connectivity index (χ2v) is 8.89. The summed E-state index contributed by atoms with van der Waals surface area (Å²) in [4.78, 5) is 1.93. The lowest BCUT2D eigenvalue weighted by Crippen LogP contribution is -2.26.